The molecule has 2 aromatic rings. The van der Waals surface area contributed by atoms with Crippen molar-refractivity contribution in [2.45, 2.75) is 25.0 Å². The number of thiophene rings is 1. The van der Waals surface area contributed by atoms with Crippen molar-refractivity contribution in [3.05, 3.63) is 63.0 Å². The number of hydrogen-bond acceptors (Lipinski definition) is 6. The number of nitro groups is 1. The molecule has 7 nitrogen and oxygen atoms in total. The number of carbonyl (C=O) groups excluding carboxylic acids is 2. The molecule has 1 aromatic heterocycles. The summed E-state index contributed by atoms with van der Waals surface area (Å²) in [5, 5.41) is 13.4. The van der Waals surface area contributed by atoms with Gasteiger partial charge in [0.05, 0.1) is 4.92 Å². The molecule has 1 amide bonds. The molecule has 0 saturated heterocycles. The average molecular weight is 346 g/mol. The monoisotopic (exact) mass is 346 g/mol. The van der Waals surface area contributed by atoms with Gasteiger partial charge in [-0.25, -0.2) is 4.79 Å². The van der Waals surface area contributed by atoms with Crippen molar-refractivity contribution in [3.63, 3.8) is 0 Å². The second-order valence-corrected chi connectivity index (χ2v) is 6.44. The van der Waals surface area contributed by atoms with Crippen molar-refractivity contribution in [2.75, 3.05) is 0 Å². The van der Waals surface area contributed by atoms with Gasteiger partial charge in [-0.2, -0.15) is 0 Å². The lowest BCUT2D eigenvalue weighted by Gasteiger charge is -2.17. The molecule has 0 spiro atoms. The van der Waals surface area contributed by atoms with E-state index in [2.05, 4.69) is 5.32 Å². The van der Waals surface area contributed by atoms with Crippen LogP contribution in [-0.2, 0) is 9.53 Å². The van der Waals surface area contributed by atoms with E-state index < -0.39 is 17.0 Å². The lowest BCUT2D eigenvalue weighted by Crippen LogP contribution is -2.33. The van der Waals surface area contributed by atoms with Crippen LogP contribution in [0, 0.1) is 10.1 Å². The predicted octanol–water partition coefficient (Wildman–Crippen LogP) is 2.83. The van der Waals surface area contributed by atoms with Crippen LogP contribution in [0.5, 0.6) is 0 Å². The largest absolute Gasteiger partial charge is 0.443 e. The number of nitrogens with zero attached hydrogens (tertiary/aromatic N) is 1. The lowest BCUT2D eigenvalue weighted by molar-refractivity contribution is -0.380. The van der Waals surface area contributed by atoms with Gasteiger partial charge >= 0.3 is 11.0 Å². The Morgan fingerprint density at radius 2 is 1.92 bits per heavy atom. The van der Waals surface area contributed by atoms with Crippen LogP contribution in [0.4, 0.5) is 5.00 Å². The first-order valence-corrected chi connectivity index (χ1v) is 8.17. The Kier molecular flexibility index (Phi) is 4.57. The van der Waals surface area contributed by atoms with Gasteiger partial charge in [-0.1, -0.05) is 41.7 Å². The summed E-state index contributed by atoms with van der Waals surface area (Å²) in [6.07, 6.45) is 0.747. The maximum Gasteiger partial charge on any atom is 0.349 e. The van der Waals surface area contributed by atoms with Gasteiger partial charge in [0.1, 0.15) is 4.88 Å². The summed E-state index contributed by atoms with van der Waals surface area (Å²) >= 11 is 0.719. The van der Waals surface area contributed by atoms with Gasteiger partial charge in [0.25, 0.3) is 5.91 Å². The Balaban J connectivity index is 1.78. The highest BCUT2D eigenvalue weighted by atomic mass is 32.1. The van der Waals surface area contributed by atoms with E-state index in [0.29, 0.717) is 5.56 Å². The van der Waals surface area contributed by atoms with Gasteiger partial charge in [0.2, 0.25) is 6.10 Å². The summed E-state index contributed by atoms with van der Waals surface area (Å²) in [6.45, 7) is 0. The first-order chi connectivity index (χ1) is 11.5. The number of nitrogens with one attached hydrogen (secondary N) is 1. The number of rotatable bonds is 6. The maximum atomic E-state index is 12.4. The number of amides is 1. The molecule has 1 saturated carbocycles. The second-order valence-electron chi connectivity index (χ2n) is 5.37. The molecule has 124 valence electrons. The molecule has 1 aromatic carbocycles. The minimum atomic E-state index is -1.08. The first kappa shape index (κ1) is 16.1. The molecule has 24 heavy (non-hydrogen) atoms. The van der Waals surface area contributed by atoms with Crippen molar-refractivity contribution >= 4 is 28.2 Å². The van der Waals surface area contributed by atoms with Gasteiger partial charge in [-0.15, -0.1) is 0 Å². The van der Waals surface area contributed by atoms with E-state index in [1.165, 1.54) is 12.1 Å². The second kappa shape index (κ2) is 6.79. The lowest BCUT2D eigenvalue weighted by atomic mass is 10.1. The molecule has 3 rings (SSSR count). The zero-order chi connectivity index (χ0) is 17.1. The third-order valence-electron chi connectivity index (χ3n) is 3.46. The average Bonchev–Trinajstić information content (AvgIpc) is 3.24. The summed E-state index contributed by atoms with van der Waals surface area (Å²) in [4.78, 5) is 34.9. The van der Waals surface area contributed by atoms with Crippen LogP contribution in [0.3, 0.4) is 0 Å². The van der Waals surface area contributed by atoms with Crippen LogP contribution in [0.1, 0.15) is 34.2 Å². The zero-order valence-corrected chi connectivity index (χ0v) is 13.3. The highest BCUT2D eigenvalue weighted by Gasteiger charge is 2.31. The van der Waals surface area contributed by atoms with Crippen molar-refractivity contribution in [3.8, 4) is 0 Å². The molecule has 0 bridgehead atoms. The minimum Gasteiger partial charge on any atom is -0.443 e. The van der Waals surface area contributed by atoms with Crippen LogP contribution >= 0.6 is 11.3 Å². The summed E-state index contributed by atoms with van der Waals surface area (Å²) in [7, 11) is 0. The Hall–Kier alpha value is -2.74. The highest BCUT2D eigenvalue weighted by Crippen LogP contribution is 2.28. The number of esters is 1. The van der Waals surface area contributed by atoms with E-state index in [1.807, 2.05) is 0 Å². The van der Waals surface area contributed by atoms with Crippen molar-refractivity contribution in [1.82, 2.24) is 5.32 Å². The van der Waals surface area contributed by atoms with E-state index in [0.717, 1.165) is 24.2 Å². The van der Waals surface area contributed by atoms with Crippen LogP contribution in [0.15, 0.2) is 42.5 Å². The predicted molar refractivity (Wildman–Crippen MR) is 86.7 cm³/mol. The SMILES string of the molecule is O=C(O[C@@H](C(=O)NC1CC1)c1ccccc1)c1ccc([N+](=O)[O-])s1. The summed E-state index contributed by atoms with van der Waals surface area (Å²) in [5.41, 5.74) is 0.551. The normalized spacial score (nSPS) is 14.7. The minimum absolute atomic E-state index is 0.0850. The third kappa shape index (κ3) is 3.77. The van der Waals surface area contributed by atoms with Crippen LogP contribution in [-0.4, -0.2) is 22.8 Å². The number of ether oxygens (including phenoxy) is 1. The Bertz CT molecular complexity index is 770. The first-order valence-electron chi connectivity index (χ1n) is 7.35. The molecule has 1 N–H and O–H groups in total. The summed E-state index contributed by atoms with van der Waals surface area (Å²) in [5.74, 6) is -1.14. The molecule has 1 heterocycles. The number of benzene rings is 1. The Morgan fingerprint density at radius 1 is 1.21 bits per heavy atom. The molecule has 1 fully saturated rings. The molecule has 0 aliphatic heterocycles. The third-order valence-corrected chi connectivity index (χ3v) is 4.48. The molecule has 8 heteroatoms. The standard InChI is InChI=1S/C16H14N2O5S/c19-15(17-11-6-7-11)14(10-4-2-1-3-5-10)23-16(20)12-8-9-13(24-12)18(21)22/h1-5,8-9,11,14H,6-7H2,(H,17,19)/t14-/m1/s1. The quantitative estimate of drug-likeness (QED) is 0.493. The van der Waals surface area contributed by atoms with Crippen molar-refractivity contribution in [2.24, 2.45) is 0 Å². The Labute approximate surface area is 141 Å². The van der Waals surface area contributed by atoms with E-state index in [-0.39, 0.29) is 21.8 Å². The van der Waals surface area contributed by atoms with Crippen LogP contribution < -0.4 is 5.32 Å². The smallest absolute Gasteiger partial charge is 0.349 e. The fourth-order valence-corrected chi connectivity index (χ4v) is 2.81. The van der Waals surface area contributed by atoms with Crippen LogP contribution in [0.25, 0.3) is 0 Å². The van der Waals surface area contributed by atoms with E-state index in [9.17, 15) is 19.7 Å². The van der Waals surface area contributed by atoms with Crippen LogP contribution in [0.2, 0.25) is 0 Å². The molecule has 1 aliphatic carbocycles. The fraction of sp³-hybridized carbons (Fsp3) is 0.250. The molecular formula is C16H14N2O5S. The summed E-state index contributed by atoms with van der Waals surface area (Å²) in [6, 6.07) is 11.4. The maximum absolute atomic E-state index is 12.4. The fourth-order valence-electron chi connectivity index (χ4n) is 2.11. The Morgan fingerprint density at radius 3 is 2.50 bits per heavy atom. The highest BCUT2D eigenvalue weighted by molar-refractivity contribution is 7.17. The van der Waals surface area contributed by atoms with Crippen molar-refractivity contribution in [1.29, 1.82) is 0 Å². The van der Waals surface area contributed by atoms with Gasteiger partial charge in [-0.05, 0) is 18.9 Å². The van der Waals surface area contributed by atoms with Gasteiger partial charge in [-0.3, -0.25) is 14.9 Å². The molecule has 0 radical (unpaired) electrons. The van der Waals surface area contributed by atoms with E-state index in [4.69, 9.17) is 4.74 Å². The zero-order valence-electron chi connectivity index (χ0n) is 12.5. The molecule has 0 unspecified atom stereocenters. The van der Waals surface area contributed by atoms with Gasteiger partial charge in [0.15, 0.2) is 0 Å². The van der Waals surface area contributed by atoms with Gasteiger partial charge in [0, 0.05) is 17.7 Å². The van der Waals surface area contributed by atoms with Gasteiger partial charge < -0.3 is 10.1 Å². The van der Waals surface area contributed by atoms with E-state index >= 15 is 0 Å². The number of carbonyl (C=O) groups is 2. The molecule has 1 aliphatic rings. The summed E-state index contributed by atoms with van der Waals surface area (Å²) < 4.78 is 5.34. The van der Waals surface area contributed by atoms with Crippen molar-refractivity contribution < 1.29 is 19.2 Å². The topological polar surface area (TPSA) is 98.5 Å². The molecular weight excluding hydrogens is 332 g/mol. The molecule has 1 atom stereocenters. The van der Waals surface area contributed by atoms with E-state index in [1.54, 1.807) is 30.3 Å². The number of hydrogen-bond donors (Lipinski definition) is 1.